The second-order valence-electron chi connectivity index (χ2n) is 3.47. The maximum atomic E-state index is 12.2. The van der Waals surface area contributed by atoms with Crippen molar-refractivity contribution in [3.63, 3.8) is 0 Å². The third-order valence-corrected chi connectivity index (χ3v) is 4.51. The Morgan fingerprint density at radius 1 is 1.45 bits per heavy atom. The van der Waals surface area contributed by atoms with Gasteiger partial charge in [-0.15, -0.1) is 5.10 Å². The van der Waals surface area contributed by atoms with Crippen molar-refractivity contribution in [3.8, 4) is 5.88 Å². The minimum atomic E-state index is -3.97. The van der Waals surface area contributed by atoms with Gasteiger partial charge in [-0.3, -0.25) is 0 Å². The van der Waals surface area contributed by atoms with Crippen LogP contribution in [-0.2, 0) is 17.1 Å². The third-order valence-electron chi connectivity index (χ3n) is 2.10. The van der Waals surface area contributed by atoms with Gasteiger partial charge >= 0.3 is 0 Å². The minimum absolute atomic E-state index is 0.0387. The summed E-state index contributed by atoms with van der Waals surface area (Å²) < 4.78 is 32.6. The van der Waals surface area contributed by atoms with E-state index in [0.717, 1.165) is 4.68 Å². The number of ether oxygens (including phenoxy) is 1. The fourth-order valence-electron chi connectivity index (χ4n) is 1.32. The molecule has 20 heavy (non-hydrogen) atoms. The fourth-order valence-corrected chi connectivity index (χ4v) is 3.54. The highest BCUT2D eigenvalue weighted by atomic mass is 79.9. The number of anilines is 1. The molecular formula is C8H8BrClN6O3S. The number of nitrogens with zero attached hydrogens (tertiary/aromatic N) is 5. The van der Waals surface area contributed by atoms with E-state index in [4.69, 9.17) is 16.3 Å². The van der Waals surface area contributed by atoms with E-state index >= 15 is 0 Å². The SMILES string of the molecule is COc1cc(Cl)nc(NS(=O)(=O)c2c(Br)nnn2C)n1. The van der Waals surface area contributed by atoms with Crippen molar-refractivity contribution in [2.75, 3.05) is 11.8 Å². The first-order valence-electron chi connectivity index (χ1n) is 5.00. The Hall–Kier alpha value is -1.46. The Morgan fingerprint density at radius 3 is 2.70 bits per heavy atom. The van der Waals surface area contributed by atoms with Crippen LogP contribution < -0.4 is 9.46 Å². The standard InChI is InChI=1S/C8H8BrClN6O3S/c1-16-7(6(9)13-15-16)20(17,18)14-8-11-4(10)3-5(12-8)19-2/h3H,1-2H3,(H,11,12,14). The molecule has 0 aliphatic carbocycles. The first-order chi connectivity index (χ1) is 9.33. The maximum absolute atomic E-state index is 12.2. The predicted octanol–water partition coefficient (Wildman–Crippen LogP) is 0.830. The summed E-state index contributed by atoms with van der Waals surface area (Å²) in [5, 5.41) is 7.05. The van der Waals surface area contributed by atoms with Crippen LogP contribution in [0.25, 0.3) is 0 Å². The van der Waals surface area contributed by atoms with Gasteiger partial charge in [-0.05, 0) is 15.9 Å². The van der Waals surface area contributed by atoms with Crippen LogP contribution in [0.1, 0.15) is 0 Å². The van der Waals surface area contributed by atoms with Gasteiger partial charge in [0.25, 0.3) is 10.0 Å². The molecule has 9 nitrogen and oxygen atoms in total. The highest BCUT2D eigenvalue weighted by Crippen LogP contribution is 2.22. The zero-order valence-corrected chi connectivity index (χ0v) is 13.4. The van der Waals surface area contributed by atoms with Crippen LogP contribution in [0.4, 0.5) is 5.95 Å². The molecule has 0 aliphatic heterocycles. The number of aryl methyl sites for hydroxylation is 1. The molecule has 12 heteroatoms. The number of halogens is 2. The number of hydrogen-bond donors (Lipinski definition) is 1. The van der Waals surface area contributed by atoms with E-state index in [2.05, 4.69) is 40.9 Å². The molecule has 0 radical (unpaired) electrons. The first-order valence-corrected chi connectivity index (χ1v) is 7.65. The zero-order valence-electron chi connectivity index (χ0n) is 10.2. The van der Waals surface area contributed by atoms with E-state index in [0.29, 0.717) is 0 Å². The fraction of sp³-hybridized carbons (Fsp3) is 0.250. The second kappa shape index (κ2) is 5.50. The van der Waals surface area contributed by atoms with E-state index in [1.807, 2.05) is 0 Å². The third kappa shape index (κ3) is 2.99. The number of rotatable bonds is 4. The normalized spacial score (nSPS) is 11.4. The molecule has 2 aromatic rings. The van der Waals surface area contributed by atoms with E-state index < -0.39 is 10.0 Å². The largest absolute Gasteiger partial charge is 0.481 e. The van der Waals surface area contributed by atoms with Crippen LogP contribution in [0.2, 0.25) is 5.15 Å². The van der Waals surface area contributed by atoms with Crippen LogP contribution >= 0.6 is 27.5 Å². The minimum Gasteiger partial charge on any atom is -0.481 e. The van der Waals surface area contributed by atoms with Crippen molar-refractivity contribution in [2.45, 2.75) is 5.03 Å². The molecule has 108 valence electrons. The molecule has 2 aromatic heterocycles. The Morgan fingerprint density at radius 2 is 2.15 bits per heavy atom. The molecule has 0 aliphatic rings. The van der Waals surface area contributed by atoms with Crippen LogP contribution in [-0.4, -0.2) is 40.5 Å². The topological polar surface area (TPSA) is 112 Å². The predicted molar refractivity (Wildman–Crippen MR) is 73.1 cm³/mol. The molecule has 1 N–H and O–H groups in total. The molecule has 0 saturated carbocycles. The molecule has 0 saturated heterocycles. The van der Waals surface area contributed by atoms with Crippen LogP contribution in [0.15, 0.2) is 15.7 Å². The highest BCUT2D eigenvalue weighted by Gasteiger charge is 2.25. The number of methoxy groups -OCH3 is 1. The Kier molecular flexibility index (Phi) is 4.11. The van der Waals surface area contributed by atoms with Gasteiger partial charge in [0.1, 0.15) is 5.15 Å². The van der Waals surface area contributed by atoms with Crippen molar-refractivity contribution < 1.29 is 13.2 Å². The van der Waals surface area contributed by atoms with Gasteiger partial charge in [0.05, 0.1) is 7.11 Å². The highest BCUT2D eigenvalue weighted by molar-refractivity contribution is 9.10. The van der Waals surface area contributed by atoms with Crippen molar-refractivity contribution >= 4 is 43.5 Å². The molecule has 2 rings (SSSR count). The summed E-state index contributed by atoms with van der Waals surface area (Å²) in [6.45, 7) is 0. The molecule has 0 aromatic carbocycles. The molecule has 2 heterocycles. The van der Waals surface area contributed by atoms with Gasteiger partial charge in [-0.1, -0.05) is 16.8 Å². The van der Waals surface area contributed by atoms with E-state index in [1.54, 1.807) is 0 Å². The van der Waals surface area contributed by atoms with Gasteiger partial charge in [0.2, 0.25) is 16.9 Å². The molecule has 0 bridgehead atoms. The summed E-state index contributed by atoms with van der Waals surface area (Å²) >= 11 is 8.74. The monoisotopic (exact) mass is 382 g/mol. The zero-order chi connectivity index (χ0) is 14.9. The van der Waals surface area contributed by atoms with Gasteiger partial charge < -0.3 is 4.74 Å². The Labute approximate surface area is 127 Å². The number of hydrogen-bond acceptors (Lipinski definition) is 7. The summed E-state index contributed by atoms with van der Waals surface area (Å²) in [6.07, 6.45) is 0. The summed E-state index contributed by atoms with van der Waals surface area (Å²) in [6, 6.07) is 1.35. The Balaban J connectivity index is 2.41. The molecule has 0 amide bonds. The number of nitrogens with one attached hydrogen (secondary N) is 1. The van der Waals surface area contributed by atoms with E-state index in [-0.39, 0.29) is 26.6 Å². The van der Waals surface area contributed by atoms with Gasteiger partial charge in [-0.2, -0.15) is 13.4 Å². The van der Waals surface area contributed by atoms with E-state index in [1.165, 1.54) is 20.2 Å². The van der Waals surface area contributed by atoms with Crippen LogP contribution in [0, 0.1) is 0 Å². The van der Waals surface area contributed by atoms with Crippen molar-refractivity contribution in [3.05, 3.63) is 15.8 Å². The summed E-state index contributed by atoms with van der Waals surface area (Å²) in [4.78, 5) is 7.59. The van der Waals surface area contributed by atoms with Gasteiger partial charge in [0, 0.05) is 13.1 Å². The maximum Gasteiger partial charge on any atom is 0.284 e. The summed E-state index contributed by atoms with van der Waals surface area (Å²) in [7, 11) is -1.16. The molecule has 0 unspecified atom stereocenters. The van der Waals surface area contributed by atoms with E-state index in [9.17, 15) is 8.42 Å². The smallest absolute Gasteiger partial charge is 0.284 e. The number of sulfonamides is 1. The molecule has 0 fully saturated rings. The lowest BCUT2D eigenvalue weighted by Crippen LogP contribution is -2.19. The van der Waals surface area contributed by atoms with Crippen LogP contribution in [0.5, 0.6) is 5.88 Å². The average Bonchev–Trinajstić information content (AvgIpc) is 2.68. The van der Waals surface area contributed by atoms with Gasteiger partial charge in [0.15, 0.2) is 4.60 Å². The van der Waals surface area contributed by atoms with Crippen molar-refractivity contribution in [1.82, 2.24) is 25.0 Å². The lowest BCUT2D eigenvalue weighted by Gasteiger charge is -2.07. The lowest BCUT2D eigenvalue weighted by atomic mass is 10.6. The lowest BCUT2D eigenvalue weighted by molar-refractivity contribution is 0.397. The quantitative estimate of drug-likeness (QED) is 0.778. The van der Waals surface area contributed by atoms with Gasteiger partial charge in [-0.25, -0.2) is 14.4 Å². The van der Waals surface area contributed by atoms with Crippen molar-refractivity contribution in [2.24, 2.45) is 7.05 Å². The second-order valence-corrected chi connectivity index (χ2v) is 6.21. The first kappa shape index (κ1) is 14.9. The van der Waals surface area contributed by atoms with Crippen molar-refractivity contribution in [1.29, 1.82) is 0 Å². The average molecular weight is 384 g/mol. The summed E-state index contributed by atoms with van der Waals surface area (Å²) in [5.74, 6) is -0.0904. The molecular weight excluding hydrogens is 376 g/mol. The number of aromatic nitrogens is 5. The molecule has 0 atom stereocenters. The summed E-state index contributed by atoms with van der Waals surface area (Å²) in [5.41, 5.74) is 0. The van der Waals surface area contributed by atoms with Crippen LogP contribution in [0.3, 0.4) is 0 Å². The molecule has 0 spiro atoms. The Bertz CT molecular complexity index is 729.